The molecule has 0 aliphatic rings. The Morgan fingerprint density at radius 1 is 1.07 bits per heavy atom. The minimum absolute atomic E-state index is 0.0313. The molecular formula is C10H21IO3. The topological polar surface area (TPSA) is 27.7 Å². The van der Waals surface area contributed by atoms with E-state index < -0.39 is 0 Å². The minimum atomic E-state index is -0.0313. The normalized spacial score (nSPS) is 12.0. The fourth-order valence-corrected chi connectivity index (χ4v) is 1.04. The number of hydrogen-bond acceptors (Lipinski definition) is 3. The summed E-state index contributed by atoms with van der Waals surface area (Å²) in [6.07, 6.45) is 0.951. The predicted octanol–water partition coefficient (Wildman–Crippen LogP) is 2.27. The molecule has 0 amide bonds. The van der Waals surface area contributed by atoms with Crippen molar-refractivity contribution in [1.29, 1.82) is 0 Å². The number of rotatable bonds is 9. The Labute approximate surface area is 101 Å². The molecule has 0 atom stereocenters. The maximum absolute atomic E-state index is 5.62. The molecule has 0 saturated carbocycles. The maximum Gasteiger partial charge on any atom is 0.0716 e. The monoisotopic (exact) mass is 316 g/mol. The number of alkyl halides is 1. The van der Waals surface area contributed by atoms with Crippen LogP contribution in [0, 0.1) is 0 Å². The van der Waals surface area contributed by atoms with Crippen molar-refractivity contribution in [3.8, 4) is 0 Å². The van der Waals surface area contributed by atoms with Crippen LogP contribution in [-0.4, -0.2) is 43.6 Å². The molecule has 0 unspecified atom stereocenters. The summed E-state index contributed by atoms with van der Waals surface area (Å²) in [5.74, 6) is 0. The molecule has 0 aliphatic carbocycles. The van der Waals surface area contributed by atoms with Crippen LogP contribution in [0.1, 0.15) is 20.3 Å². The van der Waals surface area contributed by atoms with Crippen molar-refractivity contribution >= 4 is 22.6 Å². The minimum Gasteiger partial charge on any atom is -0.385 e. The average molecular weight is 316 g/mol. The van der Waals surface area contributed by atoms with Crippen molar-refractivity contribution in [3.05, 3.63) is 0 Å². The van der Waals surface area contributed by atoms with Crippen molar-refractivity contribution in [3.63, 3.8) is 0 Å². The van der Waals surface area contributed by atoms with Gasteiger partial charge >= 0.3 is 0 Å². The smallest absolute Gasteiger partial charge is 0.0716 e. The van der Waals surface area contributed by atoms with Crippen molar-refractivity contribution in [2.24, 2.45) is 0 Å². The summed E-state index contributed by atoms with van der Waals surface area (Å²) < 4.78 is 16.9. The van der Waals surface area contributed by atoms with E-state index in [-0.39, 0.29) is 5.60 Å². The fraction of sp³-hybridized carbons (Fsp3) is 1.00. The van der Waals surface area contributed by atoms with Crippen molar-refractivity contribution in [1.82, 2.24) is 0 Å². The third kappa shape index (κ3) is 9.18. The van der Waals surface area contributed by atoms with Crippen LogP contribution in [0.5, 0.6) is 0 Å². The maximum atomic E-state index is 5.62. The number of ether oxygens (including phenoxy) is 3. The van der Waals surface area contributed by atoms with Gasteiger partial charge in [0.1, 0.15) is 0 Å². The summed E-state index contributed by atoms with van der Waals surface area (Å²) in [7, 11) is 1.70. The summed E-state index contributed by atoms with van der Waals surface area (Å²) >= 11 is 2.33. The average Bonchev–Trinajstić information content (AvgIpc) is 2.16. The van der Waals surface area contributed by atoms with Gasteiger partial charge in [-0.2, -0.15) is 0 Å². The molecule has 4 heteroatoms. The van der Waals surface area contributed by atoms with Crippen molar-refractivity contribution in [2.45, 2.75) is 25.9 Å². The highest BCUT2D eigenvalue weighted by Gasteiger charge is 2.15. The van der Waals surface area contributed by atoms with Gasteiger partial charge in [0.25, 0.3) is 0 Å². The zero-order valence-electron chi connectivity index (χ0n) is 9.35. The lowest BCUT2D eigenvalue weighted by Crippen LogP contribution is -2.28. The van der Waals surface area contributed by atoms with Gasteiger partial charge in [-0.1, -0.05) is 22.6 Å². The van der Waals surface area contributed by atoms with Gasteiger partial charge in [-0.15, -0.1) is 0 Å². The highest BCUT2D eigenvalue weighted by Crippen LogP contribution is 2.11. The van der Waals surface area contributed by atoms with Crippen LogP contribution < -0.4 is 0 Å². The molecule has 0 N–H and O–H groups in total. The molecule has 3 nitrogen and oxygen atoms in total. The molecule has 0 aromatic rings. The van der Waals surface area contributed by atoms with E-state index in [0.717, 1.165) is 24.1 Å². The van der Waals surface area contributed by atoms with Gasteiger partial charge in [0, 0.05) is 24.8 Å². The van der Waals surface area contributed by atoms with E-state index in [2.05, 4.69) is 36.4 Å². The van der Waals surface area contributed by atoms with Crippen molar-refractivity contribution < 1.29 is 14.2 Å². The van der Waals surface area contributed by atoms with E-state index in [1.807, 2.05) is 0 Å². The Kier molecular flexibility index (Phi) is 9.27. The molecule has 0 saturated heterocycles. The van der Waals surface area contributed by atoms with E-state index in [4.69, 9.17) is 14.2 Å². The molecule has 0 spiro atoms. The van der Waals surface area contributed by atoms with Gasteiger partial charge < -0.3 is 14.2 Å². The van der Waals surface area contributed by atoms with Crippen molar-refractivity contribution in [2.75, 3.05) is 38.0 Å². The lowest BCUT2D eigenvalue weighted by atomic mass is 10.2. The van der Waals surface area contributed by atoms with Crippen LogP contribution in [0.3, 0.4) is 0 Å². The summed E-state index contributed by atoms with van der Waals surface area (Å²) in [5.41, 5.74) is -0.0313. The lowest BCUT2D eigenvalue weighted by Gasteiger charge is -2.22. The quantitative estimate of drug-likeness (QED) is 0.371. The number of hydrogen-bond donors (Lipinski definition) is 0. The fourth-order valence-electron chi connectivity index (χ4n) is 0.823. The van der Waals surface area contributed by atoms with Crippen LogP contribution in [0.25, 0.3) is 0 Å². The molecule has 0 aromatic heterocycles. The SMILES string of the molecule is COCCCOCCOC(C)(C)CI. The van der Waals surface area contributed by atoms with E-state index >= 15 is 0 Å². The second kappa shape index (κ2) is 8.88. The van der Waals surface area contributed by atoms with Gasteiger partial charge in [-0.05, 0) is 20.3 Å². The molecule has 0 bridgehead atoms. The molecule has 0 heterocycles. The van der Waals surface area contributed by atoms with Gasteiger partial charge in [0.15, 0.2) is 0 Å². The lowest BCUT2D eigenvalue weighted by molar-refractivity contribution is -0.0321. The van der Waals surface area contributed by atoms with Gasteiger partial charge in [0.05, 0.1) is 18.8 Å². The van der Waals surface area contributed by atoms with Gasteiger partial charge in [0.2, 0.25) is 0 Å². The number of methoxy groups -OCH3 is 1. The molecule has 0 rings (SSSR count). The van der Waals surface area contributed by atoms with Crippen LogP contribution in [0.4, 0.5) is 0 Å². The first kappa shape index (κ1) is 14.6. The Hall–Kier alpha value is 0.610. The molecule has 0 radical (unpaired) electrons. The van der Waals surface area contributed by atoms with Crippen LogP contribution >= 0.6 is 22.6 Å². The van der Waals surface area contributed by atoms with E-state index in [0.29, 0.717) is 13.2 Å². The van der Waals surface area contributed by atoms with Gasteiger partial charge in [-0.25, -0.2) is 0 Å². The molecule has 0 aromatic carbocycles. The third-order valence-electron chi connectivity index (χ3n) is 1.68. The third-order valence-corrected chi connectivity index (χ3v) is 3.52. The second-order valence-corrected chi connectivity index (χ2v) is 4.46. The largest absolute Gasteiger partial charge is 0.385 e. The van der Waals surface area contributed by atoms with Crippen LogP contribution in [-0.2, 0) is 14.2 Å². The first-order valence-corrected chi connectivity index (χ1v) is 6.41. The Morgan fingerprint density at radius 3 is 2.36 bits per heavy atom. The highest BCUT2D eigenvalue weighted by molar-refractivity contribution is 14.1. The summed E-state index contributed by atoms with van der Waals surface area (Å²) in [5, 5.41) is 0. The Balaban J connectivity index is 3.13. The molecule has 14 heavy (non-hydrogen) atoms. The first-order valence-electron chi connectivity index (χ1n) is 4.89. The molecular weight excluding hydrogens is 295 g/mol. The van der Waals surface area contributed by atoms with Gasteiger partial charge in [-0.3, -0.25) is 0 Å². The molecule has 0 fully saturated rings. The Bertz CT molecular complexity index is 129. The second-order valence-electron chi connectivity index (χ2n) is 3.70. The molecule has 86 valence electrons. The molecule has 0 aliphatic heterocycles. The zero-order valence-corrected chi connectivity index (χ0v) is 11.5. The van der Waals surface area contributed by atoms with Crippen LogP contribution in [0.15, 0.2) is 0 Å². The highest BCUT2D eigenvalue weighted by atomic mass is 127. The first-order chi connectivity index (χ1) is 6.62. The summed E-state index contributed by atoms with van der Waals surface area (Å²) in [6, 6.07) is 0. The van der Waals surface area contributed by atoms with Crippen LogP contribution in [0.2, 0.25) is 0 Å². The van der Waals surface area contributed by atoms with E-state index in [1.54, 1.807) is 7.11 Å². The summed E-state index contributed by atoms with van der Waals surface area (Å²) in [6.45, 7) is 7.03. The van der Waals surface area contributed by atoms with E-state index in [1.165, 1.54) is 0 Å². The summed E-state index contributed by atoms with van der Waals surface area (Å²) in [4.78, 5) is 0. The zero-order chi connectivity index (χ0) is 10.9. The predicted molar refractivity (Wildman–Crippen MR) is 66.2 cm³/mol. The van der Waals surface area contributed by atoms with E-state index in [9.17, 15) is 0 Å². The standard InChI is InChI=1S/C10H21IO3/c1-10(2,9-11)14-8-7-13-6-4-5-12-3/h4-9H2,1-3H3. The number of halogens is 1. The Morgan fingerprint density at radius 2 is 1.79 bits per heavy atom.